The van der Waals surface area contributed by atoms with Crippen LogP contribution >= 0.6 is 8.53 Å². The van der Waals surface area contributed by atoms with Crippen molar-refractivity contribution in [1.29, 1.82) is 5.26 Å². The van der Waals surface area contributed by atoms with Gasteiger partial charge in [-0.2, -0.15) is 5.26 Å². The van der Waals surface area contributed by atoms with Crippen LogP contribution < -0.4 is 14.8 Å². The van der Waals surface area contributed by atoms with Crippen molar-refractivity contribution in [2.75, 3.05) is 32.8 Å². The van der Waals surface area contributed by atoms with E-state index < -0.39 is 38.5 Å². The van der Waals surface area contributed by atoms with Crippen LogP contribution in [0, 0.1) is 11.3 Å². The number of imidazole rings is 1. The number of nitrogens with one attached hydrogen (secondary N) is 1. The van der Waals surface area contributed by atoms with Gasteiger partial charge in [0.15, 0.2) is 17.0 Å². The van der Waals surface area contributed by atoms with Gasteiger partial charge in [-0.25, -0.2) is 24.4 Å². The second kappa shape index (κ2) is 21.1. The van der Waals surface area contributed by atoms with Gasteiger partial charge in [-0.05, 0) is 86.3 Å². The Balaban J connectivity index is 1.27. The average Bonchev–Trinajstić information content (AvgIpc) is 3.93. The normalized spacial score (nSPS) is 16.9. The number of hydrogen-bond donors (Lipinski definition) is 2. The molecule has 64 heavy (non-hydrogen) atoms. The summed E-state index contributed by atoms with van der Waals surface area (Å²) in [5.41, 5.74) is 3.55. The topological polar surface area (TPSA) is 175 Å². The van der Waals surface area contributed by atoms with E-state index in [1.165, 1.54) is 6.33 Å². The number of carboxylic acids is 1. The van der Waals surface area contributed by atoms with Gasteiger partial charge in [0.25, 0.3) is 8.53 Å². The first-order valence-corrected chi connectivity index (χ1v) is 22.3. The van der Waals surface area contributed by atoms with Gasteiger partial charge in [0.1, 0.15) is 35.8 Å². The molecule has 3 heterocycles. The van der Waals surface area contributed by atoms with Gasteiger partial charge in [-0.15, -0.1) is 0 Å². The minimum absolute atomic E-state index is 0.0729. The second-order valence-corrected chi connectivity index (χ2v) is 17.2. The maximum atomic E-state index is 11.6. The molecule has 4 aromatic carbocycles. The number of nitriles is 1. The highest BCUT2D eigenvalue weighted by atomic mass is 31.2. The average molecular weight is 888 g/mol. The molecule has 1 saturated heterocycles. The fourth-order valence-corrected chi connectivity index (χ4v) is 9.77. The quantitative estimate of drug-likeness (QED) is 0.0398. The Morgan fingerprint density at radius 3 is 2.19 bits per heavy atom. The molecule has 1 aliphatic rings. The van der Waals surface area contributed by atoms with Crippen LogP contribution in [-0.4, -0.2) is 87.0 Å². The number of rotatable bonds is 21. The fraction of sp³-hybridized carbons (Fsp3) is 0.354. The summed E-state index contributed by atoms with van der Waals surface area (Å²) in [6, 6.07) is 34.9. The van der Waals surface area contributed by atoms with Crippen molar-refractivity contribution >= 4 is 31.5 Å². The Kier molecular flexibility index (Phi) is 15.2. The van der Waals surface area contributed by atoms with Crippen LogP contribution in [0.25, 0.3) is 11.2 Å². The lowest BCUT2D eigenvalue weighted by Gasteiger charge is -2.39. The number of methoxy groups -OCH3 is 2. The minimum Gasteiger partial charge on any atom is -0.497 e. The van der Waals surface area contributed by atoms with Gasteiger partial charge in [-0.1, -0.05) is 66.7 Å². The molecule has 15 nitrogen and oxygen atoms in total. The maximum absolute atomic E-state index is 11.6. The first-order chi connectivity index (χ1) is 31.1. The van der Waals surface area contributed by atoms with E-state index in [-0.39, 0.29) is 37.3 Å². The predicted molar refractivity (Wildman–Crippen MR) is 243 cm³/mol. The third-order valence-electron chi connectivity index (χ3n) is 11.0. The van der Waals surface area contributed by atoms with Crippen molar-refractivity contribution in [2.24, 2.45) is 0 Å². The molecule has 2 aromatic heterocycles. The van der Waals surface area contributed by atoms with Crippen LogP contribution in [0.15, 0.2) is 116 Å². The number of hydrogen-bond acceptors (Lipinski definition) is 13. The third-order valence-corrected chi connectivity index (χ3v) is 13.2. The Bertz CT molecular complexity index is 2440. The summed E-state index contributed by atoms with van der Waals surface area (Å²) in [6.45, 7) is 9.02. The van der Waals surface area contributed by atoms with Crippen LogP contribution in [0.5, 0.6) is 11.5 Å². The fourth-order valence-electron chi connectivity index (χ4n) is 8.02. The van der Waals surface area contributed by atoms with Crippen LogP contribution in [0.2, 0.25) is 0 Å². The van der Waals surface area contributed by atoms with Crippen molar-refractivity contribution in [3.8, 4) is 17.6 Å². The van der Waals surface area contributed by atoms with Gasteiger partial charge in [0.2, 0.25) is 0 Å². The SMILES string of the molecule is COc1ccc(C(OC[C@H]2O[C@@H](n3cnc4c(NCc5cccc(C(=O)O)c5)ncnc43)C[C@@H]2OP(OCCC#N)N(C(C)C)C(C)C)(c2ccccc2)c2ccc(OC)cc2)cc1. The zero-order valence-corrected chi connectivity index (χ0v) is 37.7. The maximum Gasteiger partial charge on any atom is 0.335 e. The van der Waals surface area contributed by atoms with Crippen LogP contribution in [0.1, 0.15) is 79.4 Å². The number of benzene rings is 4. The smallest absolute Gasteiger partial charge is 0.335 e. The van der Waals surface area contributed by atoms with E-state index in [0.717, 1.165) is 22.3 Å². The molecule has 0 saturated carbocycles. The molecule has 0 amide bonds. The number of nitrogens with zero attached hydrogens (tertiary/aromatic N) is 6. The molecular weight excluding hydrogens is 834 g/mol. The molecule has 0 aliphatic carbocycles. The molecule has 7 rings (SSSR count). The molecule has 0 radical (unpaired) electrons. The Labute approximate surface area is 374 Å². The van der Waals surface area contributed by atoms with E-state index in [0.29, 0.717) is 41.4 Å². The van der Waals surface area contributed by atoms with Gasteiger partial charge in [0.05, 0.1) is 57.9 Å². The van der Waals surface area contributed by atoms with E-state index >= 15 is 0 Å². The van der Waals surface area contributed by atoms with Crippen molar-refractivity contribution in [1.82, 2.24) is 24.2 Å². The number of aromatic nitrogens is 4. The first-order valence-electron chi connectivity index (χ1n) is 21.2. The van der Waals surface area contributed by atoms with Gasteiger partial charge in [0, 0.05) is 25.0 Å². The van der Waals surface area contributed by atoms with Gasteiger partial charge in [-0.3, -0.25) is 4.57 Å². The van der Waals surface area contributed by atoms with Crippen molar-refractivity contribution in [3.63, 3.8) is 0 Å². The van der Waals surface area contributed by atoms with Crippen molar-refractivity contribution in [2.45, 2.75) is 83.2 Å². The molecule has 1 fully saturated rings. The second-order valence-electron chi connectivity index (χ2n) is 15.8. The predicted octanol–water partition coefficient (Wildman–Crippen LogP) is 9.11. The lowest BCUT2D eigenvalue weighted by molar-refractivity contribution is -0.0912. The number of ether oxygens (including phenoxy) is 4. The lowest BCUT2D eigenvalue weighted by Crippen LogP contribution is -2.39. The summed E-state index contributed by atoms with van der Waals surface area (Å²) in [4.78, 5) is 25.5. The molecule has 4 atom stereocenters. The molecule has 0 spiro atoms. The van der Waals surface area contributed by atoms with Gasteiger partial charge < -0.3 is 38.4 Å². The number of carbonyl (C=O) groups is 1. The summed E-state index contributed by atoms with van der Waals surface area (Å²) in [7, 11) is 1.62. The zero-order chi connectivity index (χ0) is 45.2. The summed E-state index contributed by atoms with van der Waals surface area (Å²) < 4.78 is 43.1. The molecule has 1 aliphatic heterocycles. The van der Waals surface area contributed by atoms with Crippen molar-refractivity contribution < 1.29 is 37.9 Å². The van der Waals surface area contributed by atoms with Crippen molar-refractivity contribution in [3.05, 3.63) is 144 Å². The molecule has 1 unspecified atom stereocenters. The Morgan fingerprint density at radius 1 is 0.922 bits per heavy atom. The lowest BCUT2D eigenvalue weighted by atomic mass is 9.80. The monoisotopic (exact) mass is 887 g/mol. The minimum atomic E-state index is -1.66. The standard InChI is InChI=1S/C48H54N7O8P/c1-32(2)55(33(3)4)64(61-25-11-24-49)63-41-27-43(54-31-53-44-45(51-30-52-46(44)54)50-28-34-12-10-13-35(26-34)47(56)57)62-42(41)29-60-48(36-14-8-7-9-15-36,37-16-20-39(58-5)21-17-37)38-18-22-40(59-6)23-19-38/h7-10,12-23,26,30-33,41-43H,11,25,27-29H2,1-6H3,(H,56,57)(H,50,51,52)/t41-,42+,43+,64?/m0/s1. The van der Waals surface area contributed by atoms with Crippen LogP contribution in [-0.2, 0) is 30.7 Å². The summed E-state index contributed by atoms with van der Waals surface area (Å²) >= 11 is 0. The molecule has 0 bridgehead atoms. The Hall–Kier alpha value is -5.98. The van der Waals surface area contributed by atoms with E-state index in [9.17, 15) is 15.2 Å². The molecule has 6 aromatic rings. The van der Waals surface area contributed by atoms with Crippen LogP contribution in [0.4, 0.5) is 5.82 Å². The molecule has 2 N–H and O–H groups in total. The summed E-state index contributed by atoms with van der Waals surface area (Å²) in [6.07, 6.45) is 1.99. The van der Waals surface area contributed by atoms with E-state index in [1.807, 2.05) is 77.4 Å². The summed E-state index contributed by atoms with van der Waals surface area (Å²) in [5.74, 6) is 0.910. The van der Waals surface area contributed by atoms with E-state index in [2.05, 4.69) is 65.9 Å². The number of fused-ring (bicyclic) bond motifs is 1. The number of carboxylic acid groups (broad SMARTS) is 1. The summed E-state index contributed by atoms with van der Waals surface area (Å²) in [5, 5.41) is 22.3. The van der Waals surface area contributed by atoms with Gasteiger partial charge >= 0.3 is 5.97 Å². The zero-order valence-electron chi connectivity index (χ0n) is 36.8. The Morgan fingerprint density at radius 2 is 1.58 bits per heavy atom. The highest BCUT2D eigenvalue weighted by Crippen LogP contribution is 2.51. The third kappa shape index (κ3) is 10.2. The molecule has 16 heteroatoms. The van der Waals surface area contributed by atoms with E-state index in [1.54, 1.807) is 38.7 Å². The molecule has 334 valence electrons. The number of aromatic carboxylic acids is 1. The largest absolute Gasteiger partial charge is 0.497 e. The van der Waals surface area contributed by atoms with Crippen LogP contribution in [0.3, 0.4) is 0 Å². The molecular formula is C48H54N7O8P. The number of anilines is 1. The highest BCUT2D eigenvalue weighted by molar-refractivity contribution is 7.44. The van der Waals surface area contributed by atoms with E-state index in [4.69, 9.17) is 33.0 Å². The highest BCUT2D eigenvalue weighted by Gasteiger charge is 2.45. The first kappa shape index (κ1) is 46.0.